The van der Waals surface area contributed by atoms with Crippen molar-refractivity contribution in [2.45, 2.75) is 13.0 Å². The lowest BCUT2D eigenvalue weighted by atomic mass is 10.3. The highest BCUT2D eigenvalue weighted by Gasteiger charge is 2.12. The maximum atomic E-state index is 11.8. The largest absolute Gasteiger partial charge is 0.387 e. The van der Waals surface area contributed by atoms with Crippen molar-refractivity contribution in [3.8, 4) is 0 Å². The monoisotopic (exact) mass is 236 g/mol. The van der Waals surface area contributed by atoms with Crippen molar-refractivity contribution in [2.75, 3.05) is 0 Å². The molecule has 17 heavy (non-hydrogen) atoms. The van der Waals surface area contributed by atoms with Crippen LogP contribution in [0.5, 0.6) is 0 Å². The van der Waals surface area contributed by atoms with Gasteiger partial charge in [0, 0.05) is 14.1 Å². The molecule has 0 aliphatic heterocycles. The predicted octanol–water partition coefficient (Wildman–Crippen LogP) is -0.920. The van der Waals surface area contributed by atoms with Gasteiger partial charge in [-0.3, -0.25) is 13.9 Å². The van der Waals surface area contributed by atoms with Gasteiger partial charge in [-0.05, 0) is 6.92 Å². The third kappa shape index (κ3) is 1.64. The molecule has 7 nitrogen and oxygen atoms in total. The first-order valence-electron chi connectivity index (χ1n) is 5.04. The Hall–Kier alpha value is -2.02. The second kappa shape index (κ2) is 3.77. The second-order valence-electron chi connectivity index (χ2n) is 3.85. The van der Waals surface area contributed by atoms with Gasteiger partial charge in [-0.15, -0.1) is 0 Å². The Bertz CT molecular complexity index is 699. The van der Waals surface area contributed by atoms with E-state index in [2.05, 4.69) is 9.97 Å². The second-order valence-corrected chi connectivity index (χ2v) is 3.85. The van der Waals surface area contributed by atoms with Gasteiger partial charge < -0.3 is 5.11 Å². The van der Waals surface area contributed by atoms with E-state index in [1.54, 1.807) is 0 Å². The summed E-state index contributed by atoms with van der Waals surface area (Å²) in [6, 6.07) is 0. The zero-order chi connectivity index (χ0) is 12.7. The fourth-order valence-electron chi connectivity index (χ4n) is 1.54. The average Bonchev–Trinajstić information content (AvgIpc) is 2.32. The molecule has 0 aromatic carbocycles. The van der Waals surface area contributed by atoms with E-state index in [9.17, 15) is 14.7 Å². The smallest absolute Gasteiger partial charge is 0.332 e. The minimum Gasteiger partial charge on any atom is -0.387 e. The number of rotatable bonds is 1. The zero-order valence-corrected chi connectivity index (χ0v) is 9.71. The zero-order valence-electron chi connectivity index (χ0n) is 9.71. The number of fused-ring (bicyclic) bond motifs is 1. The summed E-state index contributed by atoms with van der Waals surface area (Å²) >= 11 is 0. The topological polar surface area (TPSA) is 90.0 Å². The summed E-state index contributed by atoms with van der Waals surface area (Å²) < 4.78 is 2.20. The van der Waals surface area contributed by atoms with E-state index in [1.165, 1.54) is 31.8 Å². The molecule has 0 fully saturated rings. The first-order chi connectivity index (χ1) is 7.93. The Balaban J connectivity index is 2.97. The Morgan fingerprint density at radius 3 is 2.53 bits per heavy atom. The van der Waals surface area contributed by atoms with Crippen molar-refractivity contribution in [2.24, 2.45) is 14.1 Å². The summed E-state index contributed by atoms with van der Waals surface area (Å²) in [6.07, 6.45) is 0.532. The highest BCUT2D eigenvalue weighted by Crippen LogP contribution is 2.09. The minimum absolute atomic E-state index is 0.110. The molecule has 2 rings (SSSR count). The summed E-state index contributed by atoms with van der Waals surface area (Å²) in [4.78, 5) is 31.5. The van der Waals surface area contributed by atoms with Crippen LogP contribution in [0.1, 0.15) is 18.7 Å². The van der Waals surface area contributed by atoms with Gasteiger partial charge in [-0.2, -0.15) is 0 Å². The van der Waals surface area contributed by atoms with Crippen molar-refractivity contribution >= 4 is 11.2 Å². The van der Waals surface area contributed by atoms with E-state index in [4.69, 9.17) is 0 Å². The fourth-order valence-corrected chi connectivity index (χ4v) is 1.54. The van der Waals surface area contributed by atoms with Crippen LogP contribution in [0, 0.1) is 0 Å². The van der Waals surface area contributed by atoms with Gasteiger partial charge in [0.05, 0.1) is 18.0 Å². The predicted molar refractivity (Wildman–Crippen MR) is 60.7 cm³/mol. The Labute approximate surface area is 96.0 Å². The lowest BCUT2D eigenvalue weighted by Gasteiger charge is -2.08. The molecule has 0 radical (unpaired) electrons. The molecular formula is C10H12N4O3. The Morgan fingerprint density at radius 2 is 1.94 bits per heavy atom. The third-order valence-electron chi connectivity index (χ3n) is 2.60. The summed E-state index contributed by atoms with van der Waals surface area (Å²) in [5.41, 5.74) is -0.358. The van der Waals surface area contributed by atoms with Gasteiger partial charge in [0.15, 0.2) is 11.2 Å². The van der Waals surface area contributed by atoms with E-state index in [-0.39, 0.29) is 11.2 Å². The van der Waals surface area contributed by atoms with Crippen molar-refractivity contribution in [1.82, 2.24) is 19.1 Å². The maximum absolute atomic E-state index is 11.8. The molecular weight excluding hydrogens is 224 g/mol. The van der Waals surface area contributed by atoms with Gasteiger partial charge in [0.25, 0.3) is 5.56 Å². The fraction of sp³-hybridized carbons (Fsp3) is 0.400. The lowest BCUT2D eigenvalue weighted by molar-refractivity contribution is 0.194. The Kier molecular flexibility index (Phi) is 2.55. The average molecular weight is 236 g/mol. The van der Waals surface area contributed by atoms with E-state index in [0.717, 1.165) is 4.57 Å². The van der Waals surface area contributed by atoms with Crippen LogP contribution in [0.15, 0.2) is 15.8 Å². The molecule has 2 aromatic heterocycles. The lowest BCUT2D eigenvalue weighted by Crippen LogP contribution is -2.37. The number of hydrogen-bond donors (Lipinski definition) is 1. The normalized spacial score (nSPS) is 12.9. The number of aromatic nitrogens is 4. The molecule has 0 saturated carbocycles. The number of nitrogens with zero attached hydrogens (tertiary/aromatic N) is 4. The van der Waals surface area contributed by atoms with Crippen LogP contribution in [-0.2, 0) is 14.1 Å². The SMILES string of the molecule is CC(O)c1cnc2c(=O)n(C)c(=O)n(C)c2n1. The van der Waals surface area contributed by atoms with Gasteiger partial charge >= 0.3 is 5.69 Å². The van der Waals surface area contributed by atoms with Crippen LogP contribution in [-0.4, -0.2) is 24.2 Å². The molecule has 1 N–H and O–H groups in total. The van der Waals surface area contributed by atoms with E-state index >= 15 is 0 Å². The molecule has 0 spiro atoms. The highest BCUT2D eigenvalue weighted by atomic mass is 16.3. The third-order valence-corrected chi connectivity index (χ3v) is 2.60. The molecule has 2 heterocycles. The molecule has 7 heteroatoms. The van der Waals surface area contributed by atoms with Crippen molar-refractivity contribution in [3.05, 3.63) is 32.7 Å². The standard InChI is InChI=1S/C10H12N4O3/c1-5(15)6-4-11-7-8(12-6)13(2)10(17)14(3)9(7)16/h4-5,15H,1-3H3. The molecule has 0 saturated heterocycles. The van der Waals surface area contributed by atoms with Gasteiger partial charge in [-0.1, -0.05) is 0 Å². The number of aryl methyl sites for hydroxylation is 1. The van der Waals surface area contributed by atoms with Gasteiger partial charge in [0.1, 0.15) is 0 Å². The number of aliphatic hydroxyl groups excluding tert-OH is 1. The van der Waals surface area contributed by atoms with Crippen LogP contribution >= 0.6 is 0 Å². The van der Waals surface area contributed by atoms with Gasteiger partial charge in [-0.25, -0.2) is 14.8 Å². The number of aliphatic hydroxyl groups is 1. The first kappa shape index (κ1) is 11.5. The quantitative estimate of drug-likeness (QED) is 0.691. The van der Waals surface area contributed by atoms with Crippen LogP contribution in [0.25, 0.3) is 11.2 Å². The summed E-state index contributed by atoms with van der Waals surface area (Å²) in [7, 11) is 2.89. The molecule has 0 bridgehead atoms. The first-order valence-corrected chi connectivity index (χ1v) is 5.04. The summed E-state index contributed by atoms with van der Waals surface area (Å²) in [5.74, 6) is 0. The molecule has 1 atom stereocenters. The van der Waals surface area contributed by atoms with Crippen molar-refractivity contribution < 1.29 is 5.11 Å². The highest BCUT2D eigenvalue weighted by molar-refractivity contribution is 5.68. The van der Waals surface area contributed by atoms with E-state index < -0.39 is 17.4 Å². The summed E-state index contributed by atoms with van der Waals surface area (Å²) in [5, 5.41) is 9.39. The maximum Gasteiger partial charge on any atom is 0.332 e. The number of hydrogen-bond acceptors (Lipinski definition) is 5. The molecule has 2 aromatic rings. The molecule has 0 aliphatic carbocycles. The van der Waals surface area contributed by atoms with Crippen LogP contribution in [0.3, 0.4) is 0 Å². The van der Waals surface area contributed by atoms with Crippen LogP contribution < -0.4 is 11.2 Å². The van der Waals surface area contributed by atoms with E-state index in [0.29, 0.717) is 5.69 Å². The van der Waals surface area contributed by atoms with Crippen LogP contribution in [0.4, 0.5) is 0 Å². The van der Waals surface area contributed by atoms with E-state index in [1.807, 2.05) is 0 Å². The minimum atomic E-state index is -0.800. The van der Waals surface area contributed by atoms with Crippen molar-refractivity contribution in [1.29, 1.82) is 0 Å². The molecule has 0 aliphatic rings. The van der Waals surface area contributed by atoms with Crippen molar-refractivity contribution in [3.63, 3.8) is 0 Å². The Morgan fingerprint density at radius 1 is 1.29 bits per heavy atom. The van der Waals surface area contributed by atoms with Gasteiger partial charge in [0.2, 0.25) is 0 Å². The molecule has 0 amide bonds. The van der Waals surface area contributed by atoms with Crippen LogP contribution in [0.2, 0.25) is 0 Å². The molecule has 1 unspecified atom stereocenters. The summed E-state index contributed by atoms with van der Waals surface area (Å²) in [6.45, 7) is 1.54. The molecule has 90 valence electrons.